The number of benzene rings is 1. The van der Waals surface area contributed by atoms with Crippen LogP contribution in [0.5, 0.6) is 0 Å². The van der Waals surface area contributed by atoms with E-state index in [1.807, 2.05) is 0 Å². The molecule has 1 aromatic rings. The van der Waals surface area contributed by atoms with Gasteiger partial charge in [-0.3, -0.25) is 14.9 Å². The van der Waals surface area contributed by atoms with E-state index in [0.717, 1.165) is 12.2 Å². The zero-order valence-electron chi connectivity index (χ0n) is 8.31. The largest absolute Gasteiger partial charge is 0.319 e. The second-order valence-electron chi connectivity index (χ2n) is 2.80. The van der Waals surface area contributed by atoms with Crippen LogP contribution in [-0.4, -0.2) is 19.2 Å². The lowest BCUT2D eigenvalue weighted by Gasteiger charge is -1.94. The van der Waals surface area contributed by atoms with E-state index in [1.54, 1.807) is 6.07 Å². The first kappa shape index (κ1) is 12.7. The molecule has 0 spiro atoms. The summed E-state index contributed by atoms with van der Waals surface area (Å²) in [5.74, 6) is -1.00. The fourth-order valence-electron chi connectivity index (χ4n) is 1.06. The van der Waals surface area contributed by atoms with Crippen LogP contribution in [0.25, 0.3) is 6.08 Å². The molecular weight excluding hydrogens is 248 g/mol. The molecule has 1 aromatic carbocycles. The number of amides is 1. The molecule has 0 bridgehead atoms. The number of rotatable bonds is 3. The van der Waals surface area contributed by atoms with Gasteiger partial charge in [0.15, 0.2) is 0 Å². The lowest BCUT2D eigenvalue weighted by molar-refractivity contribution is -0.385. The summed E-state index contributed by atoms with van der Waals surface area (Å²) in [4.78, 5) is 20.9. The Morgan fingerprint density at radius 1 is 1.35 bits per heavy atom. The van der Waals surface area contributed by atoms with Crippen LogP contribution in [0.3, 0.4) is 0 Å². The highest BCUT2D eigenvalue weighted by Crippen LogP contribution is 2.18. The van der Waals surface area contributed by atoms with Crippen molar-refractivity contribution in [2.45, 2.75) is 0 Å². The van der Waals surface area contributed by atoms with Crippen LogP contribution >= 0.6 is 0 Å². The lowest BCUT2D eigenvalue weighted by Crippen LogP contribution is -1.91. The minimum Gasteiger partial charge on any atom is -0.266 e. The van der Waals surface area contributed by atoms with Gasteiger partial charge in [0.05, 0.1) is 10.5 Å². The summed E-state index contributed by atoms with van der Waals surface area (Å²) in [6.07, 6.45) is 1.98. The van der Waals surface area contributed by atoms with Gasteiger partial charge in [-0.25, -0.2) is 0 Å². The lowest BCUT2D eigenvalue weighted by atomic mass is 10.1. The number of nitro groups is 1. The van der Waals surface area contributed by atoms with Gasteiger partial charge in [0.2, 0.25) is 0 Å². The predicted molar refractivity (Wildman–Crippen MR) is 58.5 cm³/mol. The Labute approximate surface area is 97.2 Å². The molecule has 0 aliphatic carbocycles. The van der Waals surface area contributed by atoms with Crippen LogP contribution in [0.2, 0.25) is 0 Å². The quantitative estimate of drug-likeness (QED) is 0.457. The normalized spacial score (nSPS) is 10.1. The van der Waals surface area contributed by atoms with Crippen molar-refractivity contribution >= 4 is 28.2 Å². The van der Waals surface area contributed by atoms with Crippen molar-refractivity contribution in [3.8, 4) is 0 Å². The molecule has 0 heterocycles. The number of carbonyl (C=O) groups excluding carboxylic acids is 1. The van der Waals surface area contributed by atoms with Crippen molar-refractivity contribution in [3.63, 3.8) is 0 Å². The highest BCUT2D eigenvalue weighted by Gasteiger charge is 2.09. The van der Waals surface area contributed by atoms with Crippen molar-refractivity contribution in [1.82, 2.24) is 0 Å². The van der Waals surface area contributed by atoms with E-state index >= 15 is 0 Å². The molecular formula is C9H6N2O5S. The summed E-state index contributed by atoms with van der Waals surface area (Å²) in [6.45, 7) is 0. The fourth-order valence-corrected chi connectivity index (χ4v) is 1.27. The summed E-state index contributed by atoms with van der Waals surface area (Å²) in [5.41, 5.74) is 0.0116. The van der Waals surface area contributed by atoms with Gasteiger partial charge >= 0.3 is 10.5 Å². The van der Waals surface area contributed by atoms with E-state index < -0.39 is 21.3 Å². The second-order valence-corrected chi connectivity index (χ2v) is 3.41. The number of hydrogen-bond donors (Lipinski definition) is 0. The summed E-state index contributed by atoms with van der Waals surface area (Å²) >= 11 is 0. The Kier molecular flexibility index (Phi) is 4.23. The van der Waals surface area contributed by atoms with Crippen molar-refractivity contribution in [2.75, 3.05) is 0 Å². The van der Waals surface area contributed by atoms with Crippen LogP contribution in [0, 0.1) is 10.1 Å². The molecule has 0 N–H and O–H groups in total. The number of nitro benzene ring substituents is 1. The molecule has 0 saturated heterocycles. The summed E-state index contributed by atoms with van der Waals surface area (Å²) < 4.78 is 22.8. The highest BCUT2D eigenvalue weighted by molar-refractivity contribution is 7.62. The monoisotopic (exact) mass is 254 g/mol. The van der Waals surface area contributed by atoms with Gasteiger partial charge in [0, 0.05) is 12.1 Å². The Morgan fingerprint density at radius 3 is 2.59 bits per heavy atom. The molecule has 0 radical (unpaired) electrons. The molecule has 1 amide bonds. The molecule has 17 heavy (non-hydrogen) atoms. The average molecular weight is 254 g/mol. The second kappa shape index (κ2) is 5.66. The predicted octanol–water partition coefficient (Wildman–Crippen LogP) is 1.20. The van der Waals surface area contributed by atoms with Gasteiger partial charge in [0.1, 0.15) is 0 Å². The fraction of sp³-hybridized carbons (Fsp3) is 0. The van der Waals surface area contributed by atoms with Gasteiger partial charge in [-0.05, 0) is 12.1 Å². The molecule has 88 valence electrons. The summed E-state index contributed by atoms with van der Waals surface area (Å²) in [7, 11) is -2.83. The molecule has 0 atom stereocenters. The molecule has 0 aliphatic heterocycles. The molecule has 0 aliphatic rings. The average Bonchev–Trinajstić information content (AvgIpc) is 2.25. The summed E-state index contributed by atoms with van der Waals surface area (Å²) in [5, 5.41) is 10.6. The highest BCUT2D eigenvalue weighted by atomic mass is 32.2. The van der Waals surface area contributed by atoms with E-state index in [0.29, 0.717) is 0 Å². The third kappa shape index (κ3) is 3.95. The van der Waals surface area contributed by atoms with Gasteiger partial charge in [-0.15, -0.1) is 0 Å². The van der Waals surface area contributed by atoms with E-state index in [9.17, 15) is 23.3 Å². The van der Waals surface area contributed by atoms with E-state index in [4.69, 9.17) is 0 Å². The van der Waals surface area contributed by atoms with E-state index in [2.05, 4.69) is 4.36 Å². The van der Waals surface area contributed by atoms with Crippen LogP contribution in [0.15, 0.2) is 34.7 Å². The molecule has 0 saturated carbocycles. The number of para-hydroxylation sites is 1. The number of carbonyl (C=O) groups is 1. The zero-order chi connectivity index (χ0) is 12.8. The maximum Gasteiger partial charge on any atom is 0.319 e. The van der Waals surface area contributed by atoms with Crippen LogP contribution in [0.4, 0.5) is 5.69 Å². The van der Waals surface area contributed by atoms with E-state index in [-0.39, 0.29) is 11.3 Å². The van der Waals surface area contributed by atoms with Crippen molar-refractivity contribution in [3.05, 3.63) is 46.0 Å². The smallest absolute Gasteiger partial charge is 0.266 e. The number of hydrogen-bond acceptors (Lipinski definition) is 5. The first-order chi connectivity index (χ1) is 8.00. The Bertz CT molecular complexity index is 610. The van der Waals surface area contributed by atoms with Gasteiger partial charge in [-0.2, -0.15) is 8.42 Å². The van der Waals surface area contributed by atoms with Gasteiger partial charge in [0.25, 0.3) is 11.6 Å². The maximum atomic E-state index is 10.9. The third-order valence-corrected chi connectivity index (χ3v) is 2.03. The molecule has 8 heteroatoms. The van der Waals surface area contributed by atoms with E-state index in [1.165, 1.54) is 18.2 Å². The SMILES string of the molecule is O=C(C=Cc1ccccc1[N+](=O)[O-])N=S(=O)=O. The summed E-state index contributed by atoms with van der Waals surface area (Å²) in [6, 6.07) is 5.73. The first-order valence-corrected chi connectivity index (χ1v) is 5.30. The minimum atomic E-state index is -2.83. The van der Waals surface area contributed by atoms with Crippen LogP contribution in [-0.2, 0) is 15.3 Å². The van der Waals surface area contributed by atoms with Crippen molar-refractivity contribution in [1.29, 1.82) is 0 Å². The standard InChI is InChI=1S/C9H6N2O5S/c12-9(10-17(15)16)6-5-7-3-1-2-4-8(7)11(13)14/h1-6H. The van der Waals surface area contributed by atoms with Gasteiger partial charge in [-0.1, -0.05) is 16.5 Å². The Morgan fingerprint density at radius 2 is 2.00 bits per heavy atom. The molecule has 0 unspecified atom stereocenters. The van der Waals surface area contributed by atoms with Crippen molar-refractivity contribution in [2.24, 2.45) is 4.36 Å². The first-order valence-electron chi connectivity index (χ1n) is 4.27. The molecule has 7 nitrogen and oxygen atoms in total. The van der Waals surface area contributed by atoms with Crippen molar-refractivity contribution < 1.29 is 18.1 Å². The maximum absolute atomic E-state index is 10.9. The Hall–Kier alpha value is -2.35. The van der Waals surface area contributed by atoms with Gasteiger partial charge < -0.3 is 0 Å². The zero-order valence-corrected chi connectivity index (χ0v) is 9.12. The molecule has 0 aromatic heterocycles. The molecule has 1 rings (SSSR count). The Balaban J connectivity index is 3.04. The minimum absolute atomic E-state index is 0.181. The van der Waals surface area contributed by atoms with Crippen LogP contribution < -0.4 is 0 Å². The van der Waals surface area contributed by atoms with Crippen LogP contribution in [0.1, 0.15) is 5.56 Å². The molecule has 0 fully saturated rings. The third-order valence-electron chi connectivity index (χ3n) is 1.70. The topological polar surface area (TPSA) is 107 Å². The number of nitrogens with zero attached hydrogens (tertiary/aromatic N) is 2.